The number of nitrogens with one attached hydrogen (secondary N) is 1. The van der Waals surface area contributed by atoms with Gasteiger partial charge in [0, 0.05) is 41.3 Å². The molecule has 2 aromatic carbocycles. The first-order chi connectivity index (χ1) is 15.7. The molecule has 4 aromatic rings. The molecule has 164 valence electrons. The lowest BCUT2D eigenvalue weighted by Gasteiger charge is -2.17. The van der Waals surface area contributed by atoms with E-state index in [1.165, 1.54) is 16.0 Å². The van der Waals surface area contributed by atoms with Gasteiger partial charge >= 0.3 is 0 Å². The number of benzene rings is 2. The number of H-pyrrole nitrogens is 1. The third-order valence-corrected chi connectivity index (χ3v) is 7.13. The van der Waals surface area contributed by atoms with Gasteiger partial charge in [-0.15, -0.1) is 16.9 Å². The fourth-order valence-corrected chi connectivity index (χ4v) is 5.25. The highest BCUT2D eigenvalue weighted by atomic mass is 32.2. The summed E-state index contributed by atoms with van der Waals surface area (Å²) in [6, 6.07) is 22.8. The lowest BCUT2D eigenvalue weighted by Crippen LogP contribution is -2.20. The van der Waals surface area contributed by atoms with Crippen LogP contribution in [-0.2, 0) is 12.3 Å². The van der Waals surface area contributed by atoms with Crippen molar-refractivity contribution in [3.63, 3.8) is 0 Å². The van der Waals surface area contributed by atoms with Crippen molar-refractivity contribution in [1.82, 2.24) is 25.1 Å². The average Bonchev–Trinajstić information content (AvgIpc) is 3.30. The Morgan fingerprint density at radius 1 is 0.938 bits per heavy atom. The minimum absolute atomic E-state index is 0.741. The number of aromatic amines is 1. The minimum atomic E-state index is 0.741. The highest BCUT2D eigenvalue weighted by Crippen LogP contribution is 2.28. The Labute approximate surface area is 198 Å². The van der Waals surface area contributed by atoms with Gasteiger partial charge in [0.15, 0.2) is 5.82 Å². The van der Waals surface area contributed by atoms with Gasteiger partial charge in [-0.1, -0.05) is 72.4 Å². The zero-order valence-corrected chi connectivity index (χ0v) is 20.0. The third-order valence-electron chi connectivity index (χ3n) is 5.13. The van der Waals surface area contributed by atoms with Crippen LogP contribution in [0.1, 0.15) is 16.8 Å². The maximum Gasteiger partial charge on any atom is 0.209 e. The van der Waals surface area contributed by atoms with Gasteiger partial charge in [0.25, 0.3) is 0 Å². The van der Waals surface area contributed by atoms with Gasteiger partial charge in [-0.25, -0.2) is 4.98 Å². The predicted octanol–water partition coefficient (Wildman–Crippen LogP) is 5.69. The summed E-state index contributed by atoms with van der Waals surface area (Å²) in [4.78, 5) is 12.9. The summed E-state index contributed by atoms with van der Waals surface area (Å²) in [6.07, 6.45) is 1.91. The van der Waals surface area contributed by atoms with E-state index in [4.69, 9.17) is 0 Å². The maximum atomic E-state index is 4.61. The van der Waals surface area contributed by atoms with E-state index in [0.29, 0.717) is 0 Å². The Hall–Kier alpha value is -2.61. The van der Waals surface area contributed by atoms with Gasteiger partial charge in [-0.3, -0.25) is 10.1 Å². The number of pyridine rings is 1. The van der Waals surface area contributed by atoms with E-state index in [9.17, 15) is 0 Å². The van der Waals surface area contributed by atoms with Crippen molar-refractivity contribution >= 4 is 23.5 Å². The van der Waals surface area contributed by atoms with Gasteiger partial charge in [-0.2, -0.15) is 0 Å². The van der Waals surface area contributed by atoms with E-state index in [0.717, 1.165) is 46.8 Å². The second-order valence-corrected chi connectivity index (χ2v) is 9.65. The molecule has 0 saturated heterocycles. The Kier molecular flexibility index (Phi) is 7.98. The number of aromatic nitrogens is 4. The monoisotopic (exact) mass is 461 g/mol. The molecule has 0 aliphatic carbocycles. The van der Waals surface area contributed by atoms with Gasteiger partial charge in [0.1, 0.15) is 0 Å². The van der Waals surface area contributed by atoms with Crippen LogP contribution in [0.15, 0.2) is 83.0 Å². The maximum absolute atomic E-state index is 4.61. The van der Waals surface area contributed by atoms with Crippen LogP contribution < -0.4 is 0 Å². The topological polar surface area (TPSA) is 57.7 Å². The summed E-state index contributed by atoms with van der Waals surface area (Å²) in [5.74, 6) is 2.59. The van der Waals surface area contributed by atoms with Crippen molar-refractivity contribution in [2.45, 2.75) is 29.3 Å². The molecule has 0 radical (unpaired) electrons. The summed E-state index contributed by atoms with van der Waals surface area (Å²) in [7, 11) is 2.18. The molecule has 0 aliphatic heterocycles. The summed E-state index contributed by atoms with van der Waals surface area (Å²) in [5, 5.41) is 8.12. The lowest BCUT2D eigenvalue weighted by molar-refractivity contribution is 0.348. The summed E-state index contributed by atoms with van der Waals surface area (Å²) in [5.41, 5.74) is 4.72. The smallest absolute Gasteiger partial charge is 0.209 e. The molecule has 0 bridgehead atoms. The van der Waals surface area contributed by atoms with Gasteiger partial charge in [0.2, 0.25) is 5.16 Å². The third kappa shape index (κ3) is 6.22. The predicted molar refractivity (Wildman–Crippen MR) is 134 cm³/mol. The molecule has 4 rings (SSSR count). The Bertz CT molecular complexity index is 1120. The summed E-state index contributed by atoms with van der Waals surface area (Å²) >= 11 is 3.50. The molecule has 0 spiro atoms. The SMILES string of the molecule is Cc1c(SCCN(C)Cc2ccccc2)ccnc1CSc1n[nH]c(-c2ccccc2)n1. The van der Waals surface area contributed by atoms with Crippen molar-refractivity contribution in [2.75, 3.05) is 19.3 Å². The normalized spacial score (nSPS) is 11.2. The number of rotatable bonds is 10. The molecule has 0 unspecified atom stereocenters. The molecule has 0 aliphatic rings. The highest BCUT2D eigenvalue weighted by molar-refractivity contribution is 7.99. The zero-order chi connectivity index (χ0) is 22.2. The van der Waals surface area contributed by atoms with Crippen LogP contribution in [0.3, 0.4) is 0 Å². The zero-order valence-electron chi connectivity index (χ0n) is 18.4. The first kappa shape index (κ1) is 22.6. The standard InChI is InChI=1S/C25H27N5S2/c1-19-22(18-32-25-27-24(28-29-25)21-11-7-4-8-12-21)26-14-13-23(19)31-16-15-30(2)17-20-9-5-3-6-10-20/h3-14H,15-18H2,1-2H3,(H,27,28,29). The van der Waals surface area contributed by atoms with Gasteiger partial charge < -0.3 is 4.90 Å². The van der Waals surface area contributed by atoms with Crippen molar-refractivity contribution in [2.24, 2.45) is 0 Å². The molecular weight excluding hydrogens is 434 g/mol. The second kappa shape index (κ2) is 11.3. The van der Waals surface area contributed by atoms with Crippen LogP contribution in [-0.4, -0.2) is 44.4 Å². The Balaban J connectivity index is 1.29. The van der Waals surface area contributed by atoms with Crippen LogP contribution in [0.2, 0.25) is 0 Å². The fraction of sp³-hybridized carbons (Fsp3) is 0.240. The van der Waals surface area contributed by atoms with Crippen molar-refractivity contribution in [1.29, 1.82) is 0 Å². The molecule has 7 heteroatoms. The van der Waals surface area contributed by atoms with Crippen LogP contribution in [0.25, 0.3) is 11.4 Å². The molecular formula is C25H27N5S2. The first-order valence-corrected chi connectivity index (χ1v) is 12.6. The second-order valence-electron chi connectivity index (χ2n) is 7.57. The highest BCUT2D eigenvalue weighted by Gasteiger charge is 2.10. The van der Waals surface area contributed by atoms with Gasteiger partial charge in [-0.05, 0) is 31.2 Å². The fourth-order valence-electron chi connectivity index (χ4n) is 3.32. The molecule has 1 N–H and O–H groups in total. The lowest BCUT2D eigenvalue weighted by atomic mass is 10.2. The Morgan fingerprint density at radius 3 is 2.47 bits per heavy atom. The quantitative estimate of drug-likeness (QED) is 0.306. The molecule has 0 saturated carbocycles. The van der Waals surface area contributed by atoms with Gasteiger partial charge in [0.05, 0.1) is 5.69 Å². The van der Waals surface area contributed by atoms with E-state index in [2.05, 4.69) is 75.4 Å². The van der Waals surface area contributed by atoms with Crippen LogP contribution >= 0.6 is 23.5 Å². The minimum Gasteiger partial charge on any atom is -0.301 e. The number of hydrogen-bond donors (Lipinski definition) is 1. The van der Waals surface area contributed by atoms with E-state index < -0.39 is 0 Å². The molecule has 0 atom stereocenters. The number of nitrogens with zero attached hydrogens (tertiary/aromatic N) is 4. The summed E-state index contributed by atoms with van der Waals surface area (Å²) in [6.45, 7) is 4.16. The van der Waals surface area contributed by atoms with Crippen molar-refractivity contribution in [3.8, 4) is 11.4 Å². The molecule has 2 aromatic heterocycles. The van der Waals surface area contributed by atoms with E-state index in [-0.39, 0.29) is 0 Å². The average molecular weight is 462 g/mol. The van der Waals surface area contributed by atoms with Crippen LogP contribution in [0.4, 0.5) is 0 Å². The van der Waals surface area contributed by atoms with Crippen LogP contribution in [0, 0.1) is 6.92 Å². The molecule has 32 heavy (non-hydrogen) atoms. The van der Waals surface area contributed by atoms with Crippen molar-refractivity contribution in [3.05, 3.63) is 89.7 Å². The Morgan fingerprint density at radius 2 is 1.69 bits per heavy atom. The van der Waals surface area contributed by atoms with Crippen LogP contribution in [0.5, 0.6) is 0 Å². The first-order valence-electron chi connectivity index (χ1n) is 10.6. The molecule has 0 fully saturated rings. The van der Waals surface area contributed by atoms with Crippen molar-refractivity contribution < 1.29 is 0 Å². The van der Waals surface area contributed by atoms with E-state index in [1.54, 1.807) is 11.8 Å². The molecule has 0 amide bonds. The molecule has 2 heterocycles. The molecule has 5 nitrogen and oxygen atoms in total. The van der Waals surface area contributed by atoms with E-state index in [1.807, 2.05) is 48.3 Å². The summed E-state index contributed by atoms with van der Waals surface area (Å²) < 4.78 is 0. The largest absolute Gasteiger partial charge is 0.301 e. The van der Waals surface area contributed by atoms with E-state index >= 15 is 0 Å². The number of thioether (sulfide) groups is 2. The number of hydrogen-bond acceptors (Lipinski definition) is 6.